The first-order valence-corrected chi connectivity index (χ1v) is 12.5. The van der Waals surface area contributed by atoms with Gasteiger partial charge >= 0.3 is 0 Å². The van der Waals surface area contributed by atoms with Gasteiger partial charge in [0.2, 0.25) is 11.8 Å². The zero-order valence-electron chi connectivity index (χ0n) is 19.1. The van der Waals surface area contributed by atoms with Crippen molar-refractivity contribution in [1.82, 2.24) is 14.8 Å². The van der Waals surface area contributed by atoms with Gasteiger partial charge in [0.1, 0.15) is 0 Å². The fourth-order valence-electron chi connectivity index (χ4n) is 3.92. The molecule has 3 aromatic rings. The highest BCUT2D eigenvalue weighted by molar-refractivity contribution is 7.14. The van der Waals surface area contributed by atoms with E-state index in [1.165, 1.54) is 23.8 Å². The third-order valence-corrected chi connectivity index (χ3v) is 6.74. The van der Waals surface area contributed by atoms with Crippen LogP contribution in [0.25, 0.3) is 6.08 Å². The van der Waals surface area contributed by atoms with Crippen LogP contribution < -0.4 is 4.90 Å². The maximum Gasteiger partial charge on any atom is 0.246 e. The average Bonchev–Trinajstić information content (AvgIpc) is 3.16. The second kappa shape index (κ2) is 11.4. The Balaban J connectivity index is 1.35. The third-order valence-electron chi connectivity index (χ3n) is 5.65. The van der Waals surface area contributed by atoms with Crippen molar-refractivity contribution in [3.63, 3.8) is 0 Å². The number of anilines is 2. The molecule has 0 aliphatic carbocycles. The molecular formula is C26H27ClN4O2S. The number of hydrogen-bond acceptors (Lipinski definition) is 5. The van der Waals surface area contributed by atoms with Crippen molar-refractivity contribution < 1.29 is 9.59 Å². The van der Waals surface area contributed by atoms with Crippen LogP contribution in [-0.2, 0) is 16.1 Å². The van der Waals surface area contributed by atoms with E-state index >= 15 is 0 Å². The van der Waals surface area contributed by atoms with Gasteiger partial charge in [-0.05, 0) is 42.3 Å². The second-order valence-electron chi connectivity index (χ2n) is 8.16. The first kappa shape index (κ1) is 24.1. The SMILES string of the molecule is CC(=O)N(c1ccccc1)c1nc(/C=C/C(=O)N2CCCN(Cc3ccc(Cl)cc3)CC2)cs1. The van der Waals surface area contributed by atoms with Gasteiger partial charge in [-0.15, -0.1) is 11.3 Å². The summed E-state index contributed by atoms with van der Waals surface area (Å²) in [5.41, 5.74) is 2.65. The molecule has 8 heteroatoms. The summed E-state index contributed by atoms with van der Waals surface area (Å²) < 4.78 is 0. The Kier molecular flexibility index (Phi) is 8.11. The van der Waals surface area contributed by atoms with Gasteiger partial charge in [0.05, 0.1) is 11.4 Å². The summed E-state index contributed by atoms with van der Waals surface area (Å²) in [4.78, 5) is 35.4. The summed E-state index contributed by atoms with van der Waals surface area (Å²) in [6, 6.07) is 17.3. The Morgan fingerprint density at radius 3 is 2.56 bits per heavy atom. The van der Waals surface area contributed by atoms with E-state index in [1.54, 1.807) is 17.1 Å². The van der Waals surface area contributed by atoms with Gasteiger partial charge in [-0.25, -0.2) is 4.98 Å². The quantitative estimate of drug-likeness (QED) is 0.440. The minimum absolute atomic E-state index is 0.0191. The zero-order chi connectivity index (χ0) is 23.9. The number of halogens is 1. The van der Waals surface area contributed by atoms with Gasteiger partial charge in [0, 0.05) is 56.1 Å². The summed E-state index contributed by atoms with van der Waals surface area (Å²) in [5.74, 6) is -0.130. The number of amides is 2. The Bertz CT molecular complexity index is 1150. The monoisotopic (exact) mass is 494 g/mol. The fraction of sp³-hybridized carbons (Fsp3) is 0.269. The molecular weight excluding hydrogens is 468 g/mol. The fourth-order valence-corrected chi connectivity index (χ4v) is 4.90. The molecule has 1 aromatic heterocycles. The van der Waals surface area contributed by atoms with E-state index in [0.29, 0.717) is 17.4 Å². The van der Waals surface area contributed by atoms with E-state index < -0.39 is 0 Å². The molecule has 1 aliphatic heterocycles. The highest BCUT2D eigenvalue weighted by Gasteiger charge is 2.19. The normalized spacial score (nSPS) is 14.8. The summed E-state index contributed by atoms with van der Waals surface area (Å²) in [6.45, 7) is 5.56. The van der Waals surface area contributed by atoms with E-state index in [2.05, 4.69) is 9.88 Å². The van der Waals surface area contributed by atoms with Crippen LogP contribution in [0.15, 0.2) is 66.1 Å². The molecule has 1 saturated heterocycles. The smallest absolute Gasteiger partial charge is 0.246 e. The maximum atomic E-state index is 12.8. The Morgan fingerprint density at radius 2 is 1.82 bits per heavy atom. The van der Waals surface area contributed by atoms with Crippen molar-refractivity contribution >= 4 is 51.6 Å². The molecule has 0 atom stereocenters. The summed E-state index contributed by atoms with van der Waals surface area (Å²) in [7, 11) is 0. The number of carbonyl (C=O) groups is 2. The largest absolute Gasteiger partial charge is 0.338 e. The first-order valence-electron chi connectivity index (χ1n) is 11.2. The number of thiazole rings is 1. The van der Waals surface area contributed by atoms with Gasteiger partial charge in [0.25, 0.3) is 0 Å². The molecule has 0 bridgehead atoms. The highest BCUT2D eigenvalue weighted by atomic mass is 35.5. The van der Waals surface area contributed by atoms with Crippen LogP contribution in [0.3, 0.4) is 0 Å². The van der Waals surface area contributed by atoms with Crippen LogP contribution in [0.1, 0.15) is 24.6 Å². The van der Waals surface area contributed by atoms with Crippen molar-refractivity contribution in [2.45, 2.75) is 19.9 Å². The first-order chi connectivity index (χ1) is 16.5. The highest BCUT2D eigenvalue weighted by Crippen LogP contribution is 2.29. The summed E-state index contributed by atoms with van der Waals surface area (Å²) in [5, 5.41) is 3.18. The molecule has 0 saturated carbocycles. The van der Waals surface area contributed by atoms with Crippen molar-refractivity contribution in [2.24, 2.45) is 0 Å². The van der Waals surface area contributed by atoms with E-state index in [1.807, 2.05) is 64.9 Å². The lowest BCUT2D eigenvalue weighted by Crippen LogP contribution is -2.34. The van der Waals surface area contributed by atoms with Crippen LogP contribution in [0.4, 0.5) is 10.8 Å². The Morgan fingerprint density at radius 1 is 1.06 bits per heavy atom. The molecule has 4 rings (SSSR count). The predicted octanol–water partition coefficient (Wildman–Crippen LogP) is 5.23. The number of nitrogens with zero attached hydrogens (tertiary/aromatic N) is 4. The molecule has 2 heterocycles. The average molecular weight is 495 g/mol. The van der Waals surface area contributed by atoms with Crippen LogP contribution in [0.5, 0.6) is 0 Å². The molecule has 0 unspecified atom stereocenters. The number of carbonyl (C=O) groups excluding carboxylic acids is 2. The molecule has 0 N–H and O–H groups in total. The van der Waals surface area contributed by atoms with Crippen LogP contribution >= 0.6 is 22.9 Å². The number of aromatic nitrogens is 1. The van der Waals surface area contributed by atoms with Gasteiger partial charge in [0.15, 0.2) is 5.13 Å². The van der Waals surface area contributed by atoms with Gasteiger partial charge in [-0.3, -0.25) is 19.4 Å². The minimum atomic E-state index is -0.111. The van der Waals surface area contributed by atoms with Gasteiger partial charge < -0.3 is 4.90 Å². The molecule has 0 radical (unpaired) electrons. The lowest BCUT2D eigenvalue weighted by molar-refractivity contribution is -0.125. The number of hydrogen-bond donors (Lipinski definition) is 0. The zero-order valence-corrected chi connectivity index (χ0v) is 20.6. The molecule has 176 valence electrons. The summed E-state index contributed by atoms with van der Waals surface area (Å²) >= 11 is 7.36. The van der Waals surface area contributed by atoms with E-state index in [0.717, 1.165) is 43.3 Å². The third kappa shape index (κ3) is 6.32. The molecule has 2 aromatic carbocycles. The van der Waals surface area contributed by atoms with E-state index in [4.69, 9.17) is 11.6 Å². The lowest BCUT2D eigenvalue weighted by atomic mass is 10.2. The van der Waals surface area contributed by atoms with Crippen molar-refractivity contribution in [3.05, 3.63) is 82.3 Å². The van der Waals surface area contributed by atoms with Crippen molar-refractivity contribution in [1.29, 1.82) is 0 Å². The lowest BCUT2D eigenvalue weighted by Gasteiger charge is -2.21. The molecule has 0 spiro atoms. The summed E-state index contributed by atoms with van der Waals surface area (Å²) in [6.07, 6.45) is 4.23. The Hall–Kier alpha value is -3.00. The van der Waals surface area contributed by atoms with Gasteiger partial charge in [-0.1, -0.05) is 41.9 Å². The molecule has 2 amide bonds. The van der Waals surface area contributed by atoms with Crippen LogP contribution in [0.2, 0.25) is 5.02 Å². The van der Waals surface area contributed by atoms with Crippen molar-refractivity contribution in [3.8, 4) is 0 Å². The second-order valence-corrected chi connectivity index (χ2v) is 9.43. The molecule has 34 heavy (non-hydrogen) atoms. The molecule has 1 aliphatic rings. The standard InChI is InChI=1S/C26H27ClN4O2S/c1-20(32)31(24-6-3-2-4-7-24)26-28-23(19-34-26)12-13-25(33)30-15-5-14-29(16-17-30)18-21-8-10-22(27)11-9-21/h2-4,6-13,19H,5,14-18H2,1H3/b13-12+. The van der Waals surface area contributed by atoms with Crippen molar-refractivity contribution in [2.75, 3.05) is 31.1 Å². The number of para-hydroxylation sites is 1. The topological polar surface area (TPSA) is 56.8 Å². The van der Waals surface area contributed by atoms with Gasteiger partial charge in [-0.2, -0.15) is 0 Å². The molecule has 1 fully saturated rings. The van der Waals surface area contributed by atoms with Crippen LogP contribution in [0, 0.1) is 0 Å². The number of rotatable bonds is 6. The predicted molar refractivity (Wildman–Crippen MR) is 138 cm³/mol. The number of benzene rings is 2. The molecule has 6 nitrogen and oxygen atoms in total. The van der Waals surface area contributed by atoms with Crippen LogP contribution in [-0.4, -0.2) is 52.8 Å². The van der Waals surface area contributed by atoms with E-state index in [-0.39, 0.29) is 11.8 Å². The Labute approximate surface area is 209 Å². The maximum absolute atomic E-state index is 12.8. The minimum Gasteiger partial charge on any atom is -0.338 e. The van der Waals surface area contributed by atoms with E-state index in [9.17, 15) is 9.59 Å².